The summed E-state index contributed by atoms with van der Waals surface area (Å²) >= 11 is 0. The van der Waals surface area contributed by atoms with Crippen molar-refractivity contribution in [3.05, 3.63) is 42.2 Å². The van der Waals surface area contributed by atoms with Gasteiger partial charge in [0.1, 0.15) is 5.82 Å². The topological polar surface area (TPSA) is 69.6 Å². The summed E-state index contributed by atoms with van der Waals surface area (Å²) < 4.78 is 19.8. The Morgan fingerprint density at radius 3 is 2.68 bits per heavy atom. The van der Waals surface area contributed by atoms with Gasteiger partial charge >= 0.3 is 0 Å². The fourth-order valence-corrected chi connectivity index (χ4v) is 2.76. The third-order valence-corrected chi connectivity index (χ3v) is 3.96. The molecule has 0 radical (unpaired) electrons. The summed E-state index contributed by atoms with van der Waals surface area (Å²) in [6.07, 6.45) is 6.33. The van der Waals surface area contributed by atoms with Crippen LogP contribution in [0.1, 0.15) is 37.5 Å². The van der Waals surface area contributed by atoms with Gasteiger partial charge in [0.15, 0.2) is 5.69 Å². The van der Waals surface area contributed by atoms with Gasteiger partial charge < -0.3 is 4.52 Å². The number of rotatable bonds is 3. The molecule has 0 N–H and O–H groups in total. The summed E-state index contributed by atoms with van der Waals surface area (Å²) in [5, 5.41) is 12.1. The maximum atomic E-state index is 12.9. The van der Waals surface area contributed by atoms with Gasteiger partial charge in [-0.3, -0.25) is 0 Å². The van der Waals surface area contributed by atoms with Gasteiger partial charge in [-0.2, -0.15) is 4.98 Å². The van der Waals surface area contributed by atoms with Crippen LogP contribution in [0, 0.1) is 5.82 Å². The molecular formula is C15H14FN5O. The van der Waals surface area contributed by atoms with Crippen LogP contribution in [0.5, 0.6) is 0 Å². The molecule has 0 atom stereocenters. The molecule has 0 bridgehead atoms. The molecule has 1 fully saturated rings. The lowest BCUT2D eigenvalue weighted by molar-refractivity contribution is 0.354. The van der Waals surface area contributed by atoms with E-state index >= 15 is 0 Å². The summed E-state index contributed by atoms with van der Waals surface area (Å²) in [6.45, 7) is 0. The summed E-state index contributed by atoms with van der Waals surface area (Å²) in [6, 6.07) is 6.02. The molecule has 1 aromatic carbocycles. The molecule has 7 heteroatoms. The SMILES string of the molecule is Fc1ccc(-n2cc(-c3noc(C4CCCC4)n3)nn2)cc1. The monoisotopic (exact) mass is 299 g/mol. The first kappa shape index (κ1) is 13.1. The first-order valence-electron chi connectivity index (χ1n) is 7.32. The lowest BCUT2D eigenvalue weighted by atomic mass is 10.1. The van der Waals surface area contributed by atoms with Gasteiger partial charge in [-0.05, 0) is 37.1 Å². The zero-order valence-electron chi connectivity index (χ0n) is 11.8. The maximum absolute atomic E-state index is 12.9. The highest BCUT2D eigenvalue weighted by molar-refractivity contribution is 5.47. The Morgan fingerprint density at radius 1 is 1.14 bits per heavy atom. The van der Waals surface area contributed by atoms with Crippen molar-refractivity contribution in [3.63, 3.8) is 0 Å². The van der Waals surface area contributed by atoms with Gasteiger partial charge in [0, 0.05) is 5.92 Å². The van der Waals surface area contributed by atoms with E-state index in [-0.39, 0.29) is 5.82 Å². The highest BCUT2D eigenvalue weighted by atomic mass is 19.1. The third kappa shape index (κ3) is 2.38. The first-order chi connectivity index (χ1) is 10.8. The Hall–Kier alpha value is -2.57. The van der Waals surface area contributed by atoms with E-state index < -0.39 is 0 Å². The van der Waals surface area contributed by atoms with E-state index in [1.54, 1.807) is 23.0 Å². The van der Waals surface area contributed by atoms with Gasteiger partial charge in [-0.1, -0.05) is 23.2 Å². The van der Waals surface area contributed by atoms with E-state index in [0.717, 1.165) is 18.5 Å². The van der Waals surface area contributed by atoms with Crippen molar-refractivity contribution in [1.29, 1.82) is 0 Å². The van der Waals surface area contributed by atoms with Crippen molar-refractivity contribution in [2.45, 2.75) is 31.6 Å². The molecule has 1 saturated carbocycles. The normalized spacial score (nSPS) is 15.5. The molecule has 0 spiro atoms. The number of halogens is 1. The summed E-state index contributed by atoms with van der Waals surface area (Å²) in [5.41, 5.74) is 1.26. The molecule has 1 aliphatic rings. The van der Waals surface area contributed by atoms with Gasteiger partial charge in [-0.25, -0.2) is 9.07 Å². The predicted molar refractivity (Wildman–Crippen MR) is 75.8 cm³/mol. The van der Waals surface area contributed by atoms with Crippen LogP contribution >= 0.6 is 0 Å². The maximum Gasteiger partial charge on any atom is 0.230 e. The second kappa shape index (κ2) is 5.32. The average Bonchev–Trinajstić information content (AvgIpc) is 3.27. The van der Waals surface area contributed by atoms with Gasteiger partial charge in [0.05, 0.1) is 11.9 Å². The Kier molecular flexibility index (Phi) is 3.17. The second-order valence-electron chi connectivity index (χ2n) is 5.46. The fourth-order valence-electron chi connectivity index (χ4n) is 2.76. The van der Waals surface area contributed by atoms with E-state index in [9.17, 15) is 4.39 Å². The van der Waals surface area contributed by atoms with Crippen LogP contribution < -0.4 is 0 Å². The molecule has 0 unspecified atom stereocenters. The highest BCUT2D eigenvalue weighted by Crippen LogP contribution is 2.33. The zero-order valence-corrected chi connectivity index (χ0v) is 11.8. The van der Waals surface area contributed by atoms with Crippen LogP contribution in [-0.2, 0) is 0 Å². The molecular weight excluding hydrogens is 285 g/mol. The predicted octanol–water partition coefficient (Wildman–Crippen LogP) is 3.11. The van der Waals surface area contributed by atoms with Crippen molar-refractivity contribution in [3.8, 4) is 17.2 Å². The van der Waals surface area contributed by atoms with E-state index in [4.69, 9.17) is 4.52 Å². The van der Waals surface area contributed by atoms with Crippen LogP contribution in [0.3, 0.4) is 0 Å². The third-order valence-electron chi connectivity index (χ3n) is 3.96. The first-order valence-corrected chi connectivity index (χ1v) is 7.32. The smallest absolute Gasteiger partial charge is 0.230 e. The molecule has 2 heterocycles. The Bertz CT molecular complexity index is 773. The Morgan fingerprint density at radius 2 is 1.91 bits per heavy atom. The van der Waals surface area contributed by atoms with E-state index in [0.29, 0.717) is 23.3 Å². The van der Waals surface area contributed by atoms with Crippen LogP contribution in [0.4, 0.5) is 4.39 Å². The van der Waals surface area contributed by atoms with E-state index in [1.165, 1.54) is 25.0 Å². The van der Waals surface area contributed by atoms with E-state index in [1.807, 2.05) is 0 Å². The summed E-state index contributed by atoms with van der Waals surface area (Å²) in [7, 11) is 0. The number of hydrogen-bond donors (Lipinski definition) is 0. The zero-order chi connectivity index (χ0) is 14.9. The molecule has 112 valence electrons. The van der Waals surface area contributed by atoms with Crippen molar-refractivity contribution >= 4 is 0 Å². The van der Waals surface area contributed by atoms with Crippen molar-refractivity contribution in [2.75, 3.05) is 0 Å². The largest absolute Gasteiger partial charge is 0.339 e. The Balaban J connectivity index is 1.59. The fraction of sp³-hybridized carbons (Fsp3) is 0.333. The molecule has 4 rings (SSSR count). The summed E-state index contributed by atoms with van der Waals surface area (Å²) in [4.78, 5) is 4.43. The van der Waals surface area contributed by atoms with Crippen LogP contribution in [-0.4, -0.2) is 25.1 Å². The lowest BCUT2D eigenvalue weighted by Gasteiger charge is -1.99. The minimum absolute atomic E-state index is 0.288. The molecule has 0 saturated heterocycles. The number of aromatic nitrogens is 5. The molecule has 22 heavy (non-hydrogen) atoms. The molecule has 2 aromatic heterocycles. The van der Waals surface area contributed by atoms with Crippen molar-refractivity contribution in [1.82, 2.24) is 25.1 Å². The second-order valence-corrected chi connectivity index (χ2v) is 5.46. The molecule has 0 amide bonds. The Labute approximate surface area is 126 Å². The van der Waals surface area contributed by atoms with Gasteiger partial charge in [0.2, 0.25) is 11.7 Å². The number of hydrogen-bond acceptors (Lipinski definition) is 5. The average molecular weight is 299 g/mol. The summed E-state index contributed by atoms with van der Waals surface area (Å²) in [5.74, 6) is 1.20. The van der Waals surface area contributed by atoms with Crippen LogP contribution in [0.25, 0.3) is 17.2 Å². The number of nitrogens with zero attached hydrogens (tertiary/aromatic N) is 5. The van der Waals surface area contributed by atoms with Crippen molar-refractivity contribution in [2.24, 2.45) is 0 Å². The molecule has 6 nitrogen and oxygen atoms in total. The van der Waals surface area contributed by atoms with Gasteiger partial charge in [0.25, 0.3) is 0 Å². The van der Waals surface area contributed by atoms with E-state index in [2.05, 4.69) is 20.5 Å². The number of benzene rings is 1. The van der Waals surface area contributed by atoms with Gasteiger partial charge in [-0.15, -0.1) is 5.10 Å². The molecule has 3 aromatic rings. The minimum atomic E-state index is -0.288. The molecule has 0 aliphatic heterocycles. The quantitative estimate of drug-likeness (QED) is 0.743. The lowest BCUT2D eigenvalue weighted by Crippen LogP contribution is -1.94. The molecule has 1 aliphatic carbocycles. The van der Waals surface area contributed by atoms with Crippen LogP contribution in [0.2, 0.25) is 0 Å². The highest BCUT2D eigenvalue weighted by Gasteiger charge is 2.24. The minimum Gasteiger partial charge on any atom is -0.339 e. The standard InChI is InChI=1S/C15H14FN5O/c16-11-5-7-12(8-6-11)21-9-13(18-20-21)14-17-15(22-19-14)10-3-1-2-4-10/h5-10H,1-4H2. The van der Waals surface area contributed by atoms with Crippen molar-refractivity contribution < 1.29 is 8.91 Å². The van der Waals surface area contributed by atoms with Crippen LogP contribution in [0.15, 0.2) is 35.0 Å².